The summed E-state index contributed by atoms with van der Waals surface area (Å²) in [7, 11) is -0.842. The summed E-state index contributed by atoms with van der Waals surface area (Å²) < 4.78 is 11.1. The molecule has 1 aliphatic heterocycles. The van der Waals surface area contributed by atoms with Crippen LogP contribution in [0.15, 0.2) is 5.10 Å². The first kappa shape index (κ1) is 6.74. The Balaban J connectivity index is 2.74. The van der Waals surface area contributed by atoms with E-state index in [1.807, 2.05) is 6.92 Å². The average Bonchev–Trinajstić information content (AvgIpc) is 1.83. The maximum absolute atomic E-state index is 11.1. The summed E-state index contributed by atoms with van der Waals surface area (Å²) >= 11 is 0. The van der Waals surface area contributed by atoms with Gasteiger partial charge in [0.05, 0.1) is 16.0 Å². The molecule has 0 amide bonds. The van der Waals surface area contributed by atoms with Crippen LogP contribution in [0.1, 0.15) is 13.8 Å². The van der Waals surface area contributed by atoms with Crippen LogP contribution in [0.25, 0.3) is 0 Å². The number of hydrogen-bond donors (Lipinski definition) is 1. The second kappa shape index (κ2) is 2.47. The van der Waals surface area contributed by atoms with Gasteiger partial charge in [-0.3, -0.25) is 4.21 Å². The van der Waals surface area contributed by atoms with Gasteiger partial charge in [0, 0.05) is 6.54 Å². The van der Waals surface area contributed by atoms with Crippen LogP contribution < -0.4 is 5.43 Å². The molecule has 0 fully saturated rings. The Bertz CT molecular complexity index is 166. The molecule has 3 nitrogen and oxygen atoms in total. The zero-order chi connectivity index (χ0) is 6.85. The van der Waals surface area contributed by atoms with Gasteiger partial charge in [0.25, 0.3) is 0 Å². The maximum Gasteiger partial charge on any atom is 0.121 e. The summed E-state index contributed by atoms with van der Waals surface area (Å²) in [6.45, 7) is 4.45. The van der Waals surface area contributed by atoms with E-state index in [0.717, 1.165) is 6.54 Å². The molecule has 1 rings (SSSR count). The third-order valence-corrected chi connectivity index (χ3v) is 2.84. The summed E-state index contributed by atoms with van der Waals surface area (Å²) in [5.41, 5.74) is 2.81. The van der Waals surface area contributed by atoms with E-state index < -0.39 is 10.8 Å². The van der Waals surface area contributed by atoms with Crippen molar-refractivity contribution in [2.45, 2.75) is 19.1 Å². The largest absolute Gasteiger partial charge is 0.308 e. The highest BCUT2D eigenvalue weighted by Gasteiger charge is 2.16. The highest BCUT2D eigenvalue weighted by molar-refractivity contribution is 8.01. The first-order valence-electron chi connectivity index (χ1n) is 2.89. The number of hydrogen-bond acceptors (Lipinski definition) is 3. The van der Waals surface area contributed by atoms with Gasteiger partial charge in [-0.15, -0.1) is 0 Å². The fourth-order valence-corrected chi connectivity index (χ4v) is 1.66. The second-order valence-electron chi connectivity index (χ2n) is 2.10. The zero-order valence-electron chi connectivity index (χ0n) is 5.55. The van der Waals surface area contributed by atoms with Gasteiger partial charge in [-0.1, -0.05) is 0 Å². The van der Waals surface area contributed by atoms with Crippen LogP contribution in [0, 0.1) is 0 Å². The van der Waals surface area contributed by atoms with Crippen molar-refractivity contribution in [3.05, 3.63) is 0 Å². The van der Waals surface area contributed by atoms with Crippen molar-refractivity contribution in [3.8, 4) is 0 Å². The van der Waals surface area contributed by atoms with Gasteiger partial charge in [0.2, 0.25) is 0 Å². The van der Waals surface area contributed by atoms with Gasteiger partial charge in [0.15, 0.2) is 0 Å². The minimum atomic E-state index is -0.842. The van der Waals surface area contributed by atoms with E-state index in [0.29, 0.717) is 5.04 Å². The average molecular weight is 146 g/mol. The van der Waals surface area contributed by atoms with Gasteiger partial charge < -0.3 is 5.43 Å². The first-order chi connectivity index (χ1) is 4.22. The van der Waals surface area contributed by atoms with E-state index in [-0.39, 0.29) is 5.25 Å². The van der Waals surface area contributed by atoms with Crippen molar-refractivity contribution < 1.29 is 4.21 Å². The fourth-order valence-electron chi connectivity index (χ4n) is 0.697. The van der Waals surface area contributed by atoms with Gasteiger partial charge in [-0.2, -0.15) is 5.10 Å². The summed E-state index contributed by atoms with van der Waals surface area (Å²) in [5, 5.41) is 4.74. The number of nitrogens with zero attached hydrogens (tertiary/aromatic N) is 1. The summed E-state index contributed by atoms with van der Waals surface area (Å²) in [6, 6.07) is 0. The van der Waals surface area contributed by atoms with E-state index in [9.17, 15) is 4.21 Å². The molecule has 2 atom stereocenters. The predicted molar refractivity (Wildman–Crippen MR) is 38.7 cm³/mol. The van der Waals surface area contributed by atoms with Crippen LogP contribution in [0.5, 0.6) is 0 Å². The van der Waals surface area contributed by atoms with E-state index in [4.69, 9.17) is 0 Å². The molecule has 1 heterocycles. The molecule has 4 heteroatoms. The lowest BCUT2D eigenvalue weighted by Crippen LogP contribution is -2.33. The number of rotatable bonds is 0. The minimum absolute atomic E-state index is 0.211. The molecule has 0 saturated heterocycles. The molecule has 9 heavy (non-hydrogen) atoms. The summed E-state index contributed by atoms with van der Waals surface area (Å²) in [5.74, 6) is 0. The van der Waals surface area contributed by atoms with Gasteiger partial charge >= 0.3 is 0 Å². The van der Waals surface area contributed by atoms with Gasteiger partial charge in [-0.25, -0.2) is 0 Å². The van der Waals surface area contributed by atoms with Crippen LogP contribution in [0.3, 0.4) is 0 Å². The van der Waals surface area contributed by atoms with Crippen molar-refractivity contribution in [1.82, 2.24) is 5.43 Å². The third-order valence-electron chi connectivity index (χ3n) is 1.27. The lowest BCUT2D eigenvalue weighted by molar-refractivity contribution is 0.654. The van der Waals surface area contributed by atoms with Crippen molar-refractivity contribution in [2.75, 3.05) is 6.54 Å². The Hall–Kier alpha value is -0.380. The molecule has 0 radical (unpaired) electrons. The summed E-state index contributed by atoms with van der Waals surface area (Å²) in [6.07, 6.45) is 0. The Morgan fingerprint density at radius 3 is 3.00 bits per heavy atom. The Kier molecular flexibility index (Phi) is 1.85. The number of nitrogens with one attached hydrogen (secondary N) is 1. The molecular weight excluding hydrogens is 136 g/mol. The first-order valence-corrected chi connectivity index (χ1v) is 4.11. The Morgan fingerprint density at radius 2 is 2.56 bits per heavy atom. The van der Waals surface area contributed by atoms with Crippen molar-refractivity contribution in [1.29, 1.82) is 0 Å². The standard InChI is InChI=1S/C5H10N2OS/c1-4-3-6-7-5(2)9(4)8/h4,6H,3H2,1-2H3. The molecule has 0 bridgehead atoms. The monoisotopic (exact) mass is 146 g/mol. The summed E-state index contributed by atoms with van der Waals surface area (Å²) in [4.78, 5) is 0. The second-order valence-corrected chi connectivity index (χ2v) is 4.09. The van der Waals surface area contributed by atoms with Gasteiger partial charge in [-0.05, 0) is 13.8 Å². The lowest BCUT2D eigenvalue weighted by Gasteiger charge is -2.15. The smallest absolute Gasteiger partial charge is 0.121 e. The molecule has 52 valence electrons. The van der Waals surface area contributed by atoms with Crippen LogP contribution >= 0.6 is 0 Å². The third kappa shape index (κ3) is 1.30. The fraction of sp³-hybridized carbons (Fsp3) is 0.800. The molecule has 0 aliphatic carbocycles. The van der Waals surface area contributed by atoms with Crippen molar-refractivity contribution in [3.63, 3.8) is 0 Å². The molecule has 1 aliphatic rings. The normalized spacial score (nSPS) is 35.1. The molecule has 0 aromatic rings. The molecule has 0 aromatic carbocycles. The van der Waals surface area contributed by atoms with Crippen LogP contribution in [0.4, 0.5) is 0 Å². The highest BCUT2D eigenvalue weighted by atomic mass is 32.2. The van der Waals surface area contributed by atoms with E-state index in [1.165, 1.54) is 0 Å². The quantitative estimate of drug-likeness (QED) is 0.525. The Labute approximate surface area is 57.0 Å². The highest BCUT2D eigenvalue weighted by Crippen LogP contribution is 2.01. The maximum atomic E-state index is 11.1. The topological polar surface area (TPSA) is 41.5 Å². The molecule has 0 spiro atoms. The Morgan fingerprint density at radius 1 is 1.89 bits per heavy atom. The SMILES string of the molecule is CC1=NNCC(C)S1=O. The van der Waals surface area contributed by atoms with Crippen molar-refractivity contribution in [2.24, 2.45) is 5.10 Å². The molecule has 2 unspecified atom stereocenters. The predicted octanol–water partition coefficient (Wildman–Crippen LogP) is 0.0602. The molecule has 0 aromatic heterocycles. The molecular formula is C5H10N2OS. The lowest BCUT2D eigenvalue weighted by atomic mass is 10.5. The van der Waals surface area contributed by atoms with Crippen LogP contribution in [0.2, 0.25) is 0 Å². The van der Waals surface area contributed by atoms with Gasteiger partial charge in [0.1, 0.15) is 5.04 Å². The molecule has 1 N–H and O–H groups in total. The van der Waals surface area contributed by atoms with Crippen LogP contribution in [-0.4, -0.2) is 21.0 Å². The van der Waals surface area contributed by atoms with E-state index in [1.54, 1.807) is 6.92 Å². The molecule has 0 saturated carbocycles. The minimum Gasteiger partial charge on any atom is -0.308 e. The van der Waals surface area contributed by atoms with Crippen LogP contribution in [-0.2, 0) is 10.8 Å². The van der Waals surface area contributed by atoms with E-state index in [2.05, 4.69) is 10.5 Å². The zero-order valence-corrected chi connectivity index (χ0v) is 6.36. The van der Waals surface area contributed by atoms with E-state index >= 15 is 0 Å². The number of hydrazone groups is 1. The van der Waals surface area contributed by atoms with Crippen molar-refractivity contribution >= 4 is 15.8 Å².